The summed E-state index contributed by atoms with van der Waals surface area (Å²) in [7, 11) is 0. The molecule has 69 radical (unpaired) electrons. The minimum atomic E-state index is 0. The van der Waals surface area contributed by atoms with Gasteiger partial charge in [-0.3, -0.25) is 0 Å². The van der Waals surface area contributed by atoms with Crippen molar-refractivity contribution < 1.29 is 2290 Å². The Morgan fingerprint density at radius 1 is 0.0411 bits per heavy atom. The van der Waals surface area contributed by atoms with E-state index < -0.39 is 0 Å². The summed E-state index contributed by atoms with van der Waals surface area (Å²) in [5, 5.41) is 0. The molecule has 0 aromatic carbocycles. The van der Waals surface area contributed by atoms with Gasteiger partial charge in [-0.2, -0.15) is 0 Å². The van der Waals surface area contributed by atoms with Crippen molar-refractivity contribution in [3.8, 4) is 0 Å². The molecule has 0 fully saturated rings. The predicted molar refractivity (Wildman–Crippen MR) is 19.2 cm³/mol. The van der Waals surface area contributed by atoms with Gasteiger partial charge >= 0.3 is 32.7 Å². The van der Waals surface area contributed by atoms with Crippen LogP contribution in [0.2, 0.25) is 0 Å². The maximum absolute atomic E-state index is 0. The zero-order valence-electron chi connectivity index (χ0n) is 43.4. The van der Waals surface area contributed by atoms with Gasteiger partial charge in [-0.15, -0.1) is 0 Å². The largest absolute Gasteiger partial charge is 3.00 e. The molecule has 0 unspecified atom stereocenters. The van der Waals surface area contributed by atoms with Gasteiger partial charge in [0.15, 0.2) is 0 Å². The van der Waals surface area contributed by atoms with Crippen molar-refractivity contribution in [3.05, 3.63) is 22.3 Å². The fraction of sp³-hybridized carbons (Fsp3) is 0. The Labute approximate surface area is 2220 Å². The molecular weight excluding hydrogens is 6260 g/mol. The van der Waals surface area contributed by atoms with E-state index in [9.17, 15) is 0 Å². The van der Waals surface area contributed by atoms with Crippen LogP contribution in [-0.4, -0.2) is 0 Å². The van der Waals surface area contributed by atoms with Gasteiger partial charge in [-0.25, -0.2) is 0 Å². The van der Waals surface area contributed by atoms with Crippen LogP contribution in [0.15, 0.2) is 0 Å². The number of hydrogen-bond acceptors (Lipinski definition) is 0. The van der Waals surface area contributed by atoms with Crippen molar-refractivity contribution in [1.82, 2.24) is 0 Å². The molecule has 0 aliphatic heterocycles. The van der Waals surface area contributed by atoms with Gasteiger partial charge < -0.3 is 22.3 Å². The summed E-state index contributed by atoms with van der Waals surface area (Å²) < 4.78 is 0. The standard InChI is InChI=1S/3CH3.70Y/h3*1H3;;;;;;;;;;;;;;;;;;;;;;;;;;;;;;;;;;;;;;;;;;;;;;;;;;;;;;;;;;;;;;;;;;;;;;/q3*-1;;;;;;;;;;;;;;;;;;;;;;;;;;;;;;;;;;;;;;;;;;;;;;;;;;;;;;;;;;;;;;;;;;;;;;+3. The summed E-state index contributed by atoms with van der Waals surface area (Å²) in [6.07, 6.45) is 0. The quantitative estimate of drug-likeness (QED) is 0.321. The second kappa shape index (κ2) is 550. The van der Waals surface area contributed by atoms with E-state index >= 15 is 0 Å². The molecule has 0 aliphatic carbocycles. The van der Waals surface area contributed by atoms with Gasteiger partial charge in [0.2, 0.25) is 0 Å². The van der Waals surface area contributed by atoms with Crippen LogP contribution in [0.5, 0.6) is 0 Å². The third kappa shape index (κ3) is 542. The third-order valence-electron chi connectivity index (χ3n) is 0. The van der Waals surface area contributed by atoms with Crippen LogP contribution in [-0.2, 0) is 2290 Å². The SMILES string of the molecule is [CH3-].[CH3-].[CH3-].[Y+3].[Y].[Y].[Y].[Y].[Y].[Y].[Y].[Y].[Y].[Y].[Y].[Y].[Y].[Y].[Y].[Y].[Y].[Y].[Y].[Y].[Y].[Y].[Y].[Y].[Y].[Y].[Y].[Y].[Y].[Y].[Y].[Y].[Y].[Y].[Y].[Y].[Y].[Y].[Y].[Y].[Y].[Y].[Y].[Y].[Y].[Y].[Y].[Y].[Y].[Y].[Y].[Y].[Y].[Y].[Y].[Y].[Y].[Y].[Y].[Y].[Y].[Y].[Y].[Y].[Y].[Y].[Y].[Y].[Y]. The first kappa shape index (κ1) is 561. The van der Waals surface area contributed by atoms with E-state index in [0.717, 1.165) is 0 Å². The van der Waals surface area contributed by atoms with Gasteiger partial charge in [0.25, 0.3) is 0 Å². The van der Waals surface area contributed by atoms with Crippen LogP contribution in [0.3, 0.4) is 0 Å². The molecule has 0 amide bonds. The van der Waals surface area contributed by atoms with Crippen molar-refractivity contribution in [3.63, 3.8) is 0 Å². The molecule has 0 aromatic heterocycles. The van der Waals surface area contributed by atoms with Gasteiger partial charge in [0, 0.05) is 2260 Å². The Kier molecular flexibility index (Phi) is 4220. The molecule has 0 aromatic rings. The summed E-state index contributed by atoms with van der Waals surface area (Å²) in [4.78, 5) is 0. The Morgan fingerprint density at radius 2 is 0.0411 bits per heavy atom. The molecule has 0 nitrogen and oxygen atoms in total. The monoisotopic (exact) mass is 6270 g/mol. The van der Waals surface area contributed by atoms with Crippen molar-refractivity contribution in [1.29, 1.82) is 0 Å². The van der Waals surface area contributed by atoms with E-state index in [2.05, 4.69) is 0 Å². The second-order valence-electron chi connectivity index (χ2n) is 0. The topological polar surface area (TPSA) is 0 Å². The molecule has 0 saturated heterocycles. The summed E-state index contributed by atoms with van der Waals surface area (Å²) in [5.41, 5.74) is 0. The average molecular weight is 6270 g/mol. The van der Waals surface area contributed by atoms with Crippen molar-refractivity contribution in [2.45, 2.75) is 0 Å². The van der Waals surface area contributed by atoms with E-state index in [1.807, 2.05) is 0 Å². The molecule has 231 valence electrons. The molecule has 0 N–H and O–H groups in total. The molecule has 0 spiro atoms. The smallest absolute Gasteiger partial charge is 0.358 e. The zero-order chi connectivity index (χ0) is 0. The van der Waals surface area contributed by atoms with Crippen LogP contribution in [0.1, 0.15) is 0 Å². The average Bonchev–Trinajstić information content (AvgIpc) is 0. The number of rotatable bonds is 0. The minimum absolute atomic E-state index is 0. The fourth-order valence-electron chi connectivity index (χ4n) is 0. The molecule has 0 rings (SSSR count). The Balaban J connectivity index is 0. The summed E-state index contributed by atoms with van der Waals surface area (Å²) in [5.74, 6) is 0. The van der Waals surface area contributed by atoms with Crippen LogP contribution in [0, 0.1) is 22.3 Å². The van der Waals surface area contributed by atoms with E-state index in [1.54, 1.807) is 0 Å². The third-order valence-corrected chi connectivity index (χ3v) is 0. The number of hydrogen-bond donors (Lipinski definition) is 0. The van der Waals surface area contributed by atoms with E-state index in [0.29, 0.717) is 0 Å². The predicted octanol–water partition coefficient (Wildman–Crippen LogP) is 1.18. The van der Waals surface area contributed by atoms with Crippen molar-refractivity contribution in [2.24, 2.45) is 0 Å². The van der Waals surface area contributed by atoms with E-state index in [1.165, 1.54) is 0 Å². The summed E-state index contributed by atoms with van der Waals surface area (Å²) in [6, 6.07) is 0. The normalized spacial score (nSPS) is 0. The Hall–Kier alpha value is 77.3. The first-order chi connectivity index (χ1) is 0. The van der Waals surface area contributed by atoms with Gasteiger partial charge in [0.1, 0.15) is 0 Å². The minimum Gasteiger partial charge on any atom is -0.358 e. The van der Waals surface area contributed by atoms with Crippen LogP contribution >= 0.6 is 0 Å². The van der Waals surface area contributed by atoms with Crippen molar-refractivity contribution in [2.75, 3.05) is 0 Å². The molecule has 0 bridgehead atoms. The van der Waals surface area contributed by atoms with E-state index in [4.69, 9.17) is 0 Å². The van der Waals surface area contributed by atoms with Crippen molar-refractivity contribution >= 4 is 0 Å². The first-order valence-corrected chi connectivity index (χ1v) is 0. The molecular formula is C3H9Y70. The van der Waals surface area contributed by atoms with Gasteiger partial charge in [-0.05, 0) is 0 Å². The van der Waals surface area contributed by atoms with Gasteiger partial charge in [-0.1, -0.05) is 0 Å². The molecule has 0 atom stereocenters. The summed E-state index contributed by atoms with van der Waals surface area (Å²) >= 11 is 0. The second-order valence-corrected chi connectivity index (χ2v) is 0. The first-order valence-electron chi connectivity index (χ1n) is 0. The molecule has 0 heterocycles. The van der Waals surface area contributed by atoms with Gasteiger partial charge in [0.05, 0.1) is 0 Å². The van der Waals surface area contributed by atoms with Crippen LogP contribution in [0.25, 0.3) is 0 Å². The Bertz CT molecular complexity index is 18.1. The summed E-state index contributed by atoms with van der Waals surface area (Å²) in [6.45, 7) is 0. The van der Waals surface area contributed by atoms with Crippen LogP contribution in [0.4, 0.5) is 0 Å². The van der Waals surface area contributed by atoms with E-state index in [-0.39, 0.29) is 2310 Å². The fourth-order valence-corrected chi connectivity index (χ4v) is 0. The molecule has 70 heteroatoms. The van der Waals surface area contributed by atoms with Crippen LogP contribution < -0.4 is 0 Å². The zero-order valence-corrected chi connectivity index (χ0v) is 242. The molecule has 0 aliphatic rings. The molecule has 0 saturated carbocycles. The molecule has 73 heavy (non-hydrogen) atoms. The maximum Gasteiger partial charge on any atom is 3.00 e. The maximum atomic E-state index is 0. The Morgan fingerprint density at radius 3 is 0.0411 bits per heavy atom.